The summed E-state index contributed by atoms with van der Waals surface area (Å²) in [6.07, 6.45) is 1.13. The average Bonchev–Trinajstić information content (AvgIpc) is 1.83. The number of halogens is 1. The molecule has 62 valence electrons. The van der Waals surface area contributed by atoms with Gasteiger partial charge in [0.25, 0.3) is 0 Å². The van der Waals surface area contributed by atoms with Crippen LogP contribution in [0.2, 0.25) is 0 Å². The van der Waals surface area contributed by atoms with E-state index in [0.29, 0.717) is 10.4 Å². The van der Waals surface area contributed by atoms with Crippen LogP contribution < -0.4 is 10.5 Å². The lowest BCUT2D eigenvalue weighted by atomic mass is 10.4. The van der Waals surface area contributed by atoms with E-state index in [1.54, 1.807) is 11.9 Å². The van der Waals surface area contributed by atoms with E-state index in [1.165, 1.54) is 0 Å². The minimum absolute atomic E-state index is 0. The summed E-state index contributed by atoms with van der Waals surface area (Å²) in [5.74, 6) is 0. The van der Waals surface area contributed by atoms with Gasteiger partial charge in [0.2, 0.25) is 0 Å². The molecule has 0 aliphatic heterocycles. The molecule has 0 fully saturated rings. The monoisotopic (exact) mass is 200 g/mol. The molecule has 1 unspecified atom stereocenters. The van der Waals surface area contributed by atoms with Crippen LogP contribution in [0, 0.1) is 0 Å². The van der Waals surface area contributed by atoms with Gasteiger partial charge in [-0.3, -0.25) is 0 Å². The predicted octanol–water partition coefficient (Wildman–Crippen LogP) is 1.69. The molecule has 0 aromatic heterocycles. The van der Waals surface area contributed by atoms with Crippen molar-refractivity contribution in [3.8, 4) is 0 Å². The van der Waals surface area contributed by atoms with Crippen LogP contribution in [0.4, 0.5) is 0 Å². The van der Waals surface area contributed by atoms with Gasteiger partial charge in [-0.1, -0.05) is 13.8 Å². The number of thiocarbonyl (C=S) groups is 1. The van der Waals surface area contributed by atoms with E-state index in [0.717, 1.165) is 6.42 Å². The van der Waals surface area contributed by atoms with E-state index in [2.05, 4.69) is 30.8 Å². The Morgan fingerprint density at radius 1 is 1.80 bits per heavy atom. The minimum Gasteiger partial charge on any atom is -0.376 e. The van der Waals surface area contributed by atoms with E-state index in [1.807, 2.05) is 0 Å². The summed E-state index contributed by atoms with van der Waals surface area (Å²) in [6.45, 7) is 4.24. The molecular formula is C5H13ClN2S2. The van der Waals surface area contributed by atoms with Gasteiger partial charge >= 0.3 is 0 Å². The Morgan fingerprint density at radius 3 is 2.60 bits per heavy atom. The summed E-state index contributed by atoms with van der Waals surface area (Å²) in [6, 6.07) is 0. The smallest absolute Gasteiger partial charge is 0.173 e. The van der Waals surface area contributed by atoms with Crippen LogP contribution in [0.1, 0.15) is 20.3 Å². The molecule has 0 bridgehead atoms. The molecule has 0 radical (unpaired) electrons. The van der Waals surface area contributed by atoms with Gasteiger partial charge in [-0.15, -0.1) is 12.4 Å². The highest BCUT2D eigenvalue weighted by atomic mass is 35.5. The maximum Gasteiger partial charge on any atom is 0.173 e. The number of hydrogen-bond donors (Lipinski definition) is 2. The molecule has 0 heterocycles. The second-order valence-electron chi connectivity index (χ2n) is 1.80. The maximum atomic E-state index is 5.19. The zero-order valence-electron chi connectivity index (χ0n) is 6.09. The van der Waals surface area contributed by atoms with Gasteiger partial charge in [0.05, 0.1) is 0 Å². The first kappa shape index (κ1) is 13.0. The molecule has 0 saturated heterocycles. The maximum absolute atomic E-state index is 5.19. The largest absolute Gasteiger partial charge is 0.376 e. The third-order valence-corrected chi connectivity index (χ3v) is 2.24. The fraction of sp³-hybridized carbons (Fsp3) is 0.800. The molecule has 0 saturated carbocycles. The molecule has 0 amide bonds. The molecule has 0 aliphatic carbocycles. The Morgan fingerprint density at radius 2 is 2.30 bits per heavy atom. The van der Waals surface area contributed by atoms with Crippen molar-refractivity contribution >= 4 is 41.7 Å². The highest BCUT2D eigenvalue weighted by Crippen LogP contribution is 2.07. The molecule has 3 N–H and O–H groups in total. The van der Waals surface area contributed by atoms with Gasteiger partial charge in [-0.25, -0.2) is 0 Å². The van der Waals surface area contributed by atoms with E-state index in [9.17, 15) is 0 Å². The molecule has 2 nitrogen and oxygen atoms in total. The number of nitrogens with one attached hydrogen (secondary N) is 1. The summed E-state index contributed by atoms with van der Waals surface area (Å²) >= 11 is 6.18. The third kappa shape index (κ3) is 8.33. The highest BCUT2D eigenvalue weighted by molar-refractivity contribution is 7.99. The fourth-order valence-electron chi connectivity index (χ4n) is 0.242. The fourth-order valence-corrected chi connectivity index (χ4v) is 0.870. The van der Waals surface area contributed by atoms with E-state index in [4.69, 9.17) is 5.73 Å². The molecule has 0 aliphatic rings. The summed E-state index contributed by atoms with van der Waals surface area (Å²) in [5.41, 5.74) is 5.19. The second kappa shape index (κ2) is 7.44. The molecule has 0 rings (SSSR count). The molecule has 0 spiro atoms. The van der Waals surface area contributed by atoms with Crippen molar-refractivity contribution in [1.29, 1.82) is 0 Å². The summed E-state index contributed by atoms with van der Waals surface area (Å²) < 4.78 is 2.82. The van der Waals surface area contributed by atoms with Crippen molar-refractivity contribution in [2.45, 2.75) is 25.5 Å². The first-order valence-corrected chi connectivity index (χ1v) is 4.16. The zero-order chi connectivity index (χ0) is 7.28. The topological polar surface area (TPSA) is 38.0 Å². The molecule has 0 aromatic rings. The molecular weight excluding hydrogens is 188 g/mol. The second-order valence-corrected chi connectivity index (χ2v) is 3.49. The predicted molar refractivity (Wildman–Crippen MR) is 54.5 cm³/mol. The van der Waals surface area contributed by atoms with Crippen LogP contribution in [0.15, 0.2) is 0 Å². The van der Waals surface area contributed by atoms with Crippen molar-refractivity contribution in [1.82, 2.24) is 4.72 Å². The summed E-state index contributed by atoms with van der Waals surface area (Å²) in [5, 5.41) is 0.937. The van der Waals surface area contributed by atoms with Gasteiger partial charge in [0.1, 0.15) is 0 Å². The van der Waals surface area contributed by atoms with Crippen molar-refractivity contribution < 1.29 is 0 Å². The van der Waals surface area contributed by atoms with Crippen molar-refractivity contribution in [3.05, 3.63) is 0 Å². The average molecular weight is 201 g/mol. The van der Waals surface area contributed by atoms with E-state index in [-0.39, 0.29) is 12.4 Å². The molecule has 10 heavy (non-hydrogen) atoms. The van der Waals surface area contributed by atoms with Crippen molar-refractivity contribution in [2.75, 3.05) is 0 Å². The van der Waals surface area contributed by atoms with Gasteiger partial charge in [0.15, 0.2) is 5.11 Å². The lowest BCUT2D eigenvalue weighted by Crippen LogP contribution is -2.24. The normalized spacial score (nSPS) is 11.4. The van der Waals surface area contributed by atoms with Gasteiger partial charge in [-0.05, 0) is 30.6 Å². The van der Waals surface area contributed by atoms with Gasteiger partial charge in [-0.2, -0.15) is 0 Å². The third-order valence-electron chi connectivity index (χ3n) is 0.936. The van der Waals surface area contributed by atoms with Crippen LogP contribution in [-0.4, -0.2) is 10.4 Å². The van der Waals surface area contributed by atoms with Crippen LogP contribution in [0.5, 0.6) is 0 Å². The van der Waals surface area contributed by atoms with E-state index >= 15 is 0 Å². The Labute approximate surface area is 77.9 Å². The van der Waals surface area contributed by atoms with Gasteiger partial charge < -0.3 is 10.5 Å². The minimum atomic E-state index is 0. The van der Waals surface area contributed by atoms with Crippen LogP contribution in [0.3, 0.4) is 0 Å². The number of rotatable bonds is 3. The van der Waals surface area contributed by atoms with Crippen LogP contribution in [0.25, 0.3) is 0 Å². The highest BCUT2D eigenvalue weighted by Gasteiger charge is 1.97. The lowest BCUT2D eigenvalue weighted by molar-refractivity contribution is 0.904. The Bertz CT molecular complexity index is 99.6. The molecule has 0 aromatic carbocycles. The Kier molecular flexibility index (Phi) is 9.64. The lowest BCUT2D eigenvalue weighted by Gasteiger charge is -2.07. The van der Waals surface area contributed by atoms with Crippen LogP contribution >= 0.6 is 36.6 Å². The van der Waals surface area contributed by atoms with Gasteiger partial charge in [0, 0.05) is 5.25 Å². The number of hydrogen-bond acceptors (Lipinski definition) is 2. The number of nitrogens with two attached hydrogens (primary N) is 1. The SMILES string of the molecule is CCC(C)SNC(N)=S.Cl. The summed E-state index contributed by atoms with van der Waals surface area (Å²) in [7, 11) is 0. The van der Waals surface area contributed by atoms with Crippen LogP contribution in [-0.2, 0) is 0 Å². The Hall–Kier alpha value is 0.330. The first-order valence-electron chi connectivity index (χ1n) is 2.88. The standard InChI is InChI=1S/C5H12N2S2.ClH/c1-3-4(2)9-7-5(6)8;/h4H,3H2,1-2H3,(H3,6,7,8);1H. The van der Waals surface area contributed by atoms with Crippen molar-refractivity contribution in [3.63, 3.8) is 0 Å². The van der Waals surface area contributed by atoms with Crippen molar-refractivity contribution in [2.24, 2.45) is 5.73 Å². The van der Waals surface area contributed by atoms with E-state index < -0.39 is 0 Å². The Balaban J connectivity index is 0. The first-order chi connectivity index (χ1) is 4.16. The zero-order valence-corrected chi connectivity index (χ0v) is 8.54. The quantitative estimate of drug-likeness (QED) is 0.537. The summed E-state index contributed by atoms with van der Waals surface area (Å²) in [4.78, 5) is 0. The molecule has 5 heteroatoms. The molecule has 1 atom stereocenters.